The minimum atomic E-state index is 0.413. The van der Waals surface area contributed by atoms with Crippen LogP contribution in [-0.2, 0) is 6.54 Å². The predicted molar refractivity (Wildman–Crippen MR) is 115 cm³/mol. The van der Waals surface area contributed by atoms with Crippen molar-refractivity contribution in [1.29, 1.82) is 0 Å². The lowest BCUT2D eigenvalue weighted by atomic mass is 10.1. The van der Waals surface area contributed by atoms with Gasteiger partial charge in [0.1, 0.15) is 5.75 Å². The topological polar surface area (TPSA) is 50.6 Å². The molecule has 0 spiro atoms. The summed E-state index contributed by atoms with van der Waals surface area (Å²) >= 11 is 5.28. The number of hydrazone groups is 1. The summed E-state index contributed by atoms with van der Waals surface area (Å²) in [6.45, 7) is 2.88. The summed E-state index contributed by atoms with van der Waals surface area (Å²) < 4.78 is 7.33. The van der Waals surface area contributed by atoms with E-state index < -0.39 is 0 Å². The molecule has 1 aromatic heterocycles. The largest absolute Gasteiger partial charge is 0.497 e. The zero-order valence-corrected chi connectivity index (χ0v) is 16.2. The Morgan fingerprint density at radius 2 is 1.96 bits per heavy atom. The van der Waals surface area contributed by atoms with Crippen LogP contribution in [0.4, 0.5) is 5.69 Å². The van der Waals surface area contributed by atoms with Crippen LogP contribution in [0.15, 0.2) is 72.0 Å². The number of hydrogen-bond acceptors (Lipinski definition) is 3. The number of ether oxygens (including phenoxy) is 1. The second-order valence-electron chi connectivity index (χ2n) is 6.10. The van der Waals surface area contributed by atoms with Crippen LogP contribution >= 0.6 is 12.2 Å². The molecular weight excluding hydrogens is 356 g/mol. The molecular formula is C21H22N4OS. The van der Waals surface area contributed by atoms with E-state index in [0.29, 0.717) is 5.11 Å². The molecule has 2 N–H and O–H groups in total. The van der Waals surface area contributed by atoms with Crippen molar-refractivity contribution in [3.63, 3.8) is 0 Å². The lowest BCUT2D eigenvalue weighted by molar-refractivity contribution is 0.415. The van der Waals surface area contributed by atoms with Gasteiger partial charge in [-0.05, 0) is 49.0 Å². The van der Waals surface area contributed by atoms with Gasteiger partial charge < -0.3 is 14.6 Å². The number of benzene rings is 2. The number of aromatic nitrogens is 1. The van der Waals surface area contributed by atoms with Gasteiger partial charge in [0.2, 0.25) is 0 Å². The van der Waals surface area contributed by atoms with Crippen LogP contribution in [0.1, 0.15) is 16.8 Å². The number of methoxy groups -OCH3 is 1. The molecule has 5 nitrogen and oxygen atoms in total. The van der Waals surface area contributed by atoms with E-state index >= 15 is 0 Å². The van der Waals surface area contributed by atoms with Crippen LogP contribution in [-0.4, -0.2) is 23.0 Å². The Kier molecular flexibility index (Phi) is 6.22. The monoisotopic (exact) mass is 378 g/mol. The van der Waals surface area contributed by atoms with E-state index in [1.807, 2.05) is 42.6 Å². The van der Waals surface area contributed by atoms with Crippen molar-refractivity contribution < 1.29 is 4.74 Å². The first kappa shape index (κ1) is 18.7. The SMILES string of the molecule is COc1cccc(NC(=S)N/N=C\c2cccn2Cc2ccc(C)cc2)c1. The lowest BCUT2D eigenvalue weighted by Crippen LogP contribution is -2.24. The first-order valence-corrected chi connectivity index (χ1v) is 8.99. The van der Waals surface area contributed by atoms with Gasteiger partial charge in [0.15, 0.2) is 5.11 Å². The average molecular weight is 379 g/mol. The molecule has 2 aromatic carbocycles. The Morgan fingerprint density at radius 1 is 1.15 bits per heavy atom. The van der Waals surface area contributed by atoms with Gasteiger partial charge >= 0.3 is 0 Å². The Morgan fingerprint density at radius 3 is 2.74 bits per heavy atom. The Hall–Kier alpha value is -3.12. The normalized spacial score (nSPS) is 10.7. The van der Waals surface area contributed by atoms with Crippen LogP contribution in [0.25, 0.3) is 0 Å². The van der Waals surface area contributed by atoms with Crippen molar-refractivity contribution in [3.05, 3.63) is 83.7 Å². The number of nitrogens with zero attached hydrogens (tertiary/aromatic N) is 2. The van der Waals surface area contributed by atoms with Crippen molar-refractivity contribution in [3.8, 4) is 5.75 Å². The number of anilines is 1. The van der Waals surface area contributed by atoms with Gasteiger partial charge in [-0.25, -0.2) is 0 Å². The molecule has 0 aliphatic rings. The van der Waals surface area contributed by atoms with E-state index in [4.69, 9.17) is 17.0 Å². The van der Waals surface area contributed by atoms with Crippen molar-refractivity contribution in [2.45, 2.75) is 13.5 Å². The van der Waals surface area contributed by atoms with Crippen LogP contribution in [0.5, 0.6) is 5.75 Å². The summed E-state index contributed by atoms with van der Waals surface area (Å²) in [4.78, 5) is 0. The van der Waals surface area contributed by atoms with E-state index in [0.717, 1.165) is 23.7 Å². The van der Waals surface area contributed by atoms with Gasteiger partial charge in [0.25, 0.3) is 0 Å². The maximum Gasteiger partial charge on any atom is 0.191 e. The van der Waals surface area contributed by atoms with Gasteiger partial charge in [-0.2, -0.15) is 5.10 Å². The molecule has 0 radical (unpaired) electrons. The molecule has 0 bridgehead atoms. The number of aryl methyl sites for hydroxylation is 1. The van der Waals surface area contributed by atoms with Gasteiger partial charge in [0, 0.05) is 24.5 Å². The molecule has 0 saturated heterocycles. The molecule has 1 heterocycles. The Bertz CT molecular complexity index is 931. The van der Waals surface area contributed by atoms with Gasteiger partial charge in [-0.1, -0.05) is 35.9 Å². The Labute approximate surface area is 164 Å². The molecule has 138 valence electrons. The first-order chi connectivity index (χ1) is 13.1. The molecule has 3 aromatic rings. The molecule has 3 rings (SSSR count). The summed E-state index contributed by atoms with van der Waals surface area (Å²) in [6, 6.07) is 20.1. The number of hydrogen-bond donors (Lipinski definition) is 2. The molecule has 0 aliphatic carbocycles. The number of rotatable bonds is 6. The van der Waals surface area contributed by atoms with Crippen LogP contribution in [0, 0.1) is 6.92 Å². The van der Waals surface area contributed by atoms with Crippen molar-refractivity contribution >= 4 is 29.2 Å². The fourth-order valence-corrected chi connectivity index (χ4v) is 2.77. The van der Waals surface area contributed by atoms with Gasteiger partial charge in [-0.15, -0.1) is 0 Å². The number of thiocarbonyl (C=S) groups is 1. The van der Waals surface area contributed by atoms with Crippen LogP contribution in [0.3, 0.4) is 0 Å². The van der Waals surface area contributed by atoms with E-state index in [1.165, 1.54) is 11.1 Å². The quantitative estimate of drug-likeness (QED) is 0.384. The molecule has 0 atom stereocenters. The zero-order chi connectivity index (χ0) is 19.1. The van der Waals surface area contributed by atoms with Crippen molar-refractivity contribution in [2.75, 3.05) is 12.4 Å². The van der Waals surface area contributed by atoms with Gasteiger partial charge in [-0.3, -0.25) is 5.43 Å². The summed E-state index contributed by atoms with van der Waals surface area (Å²) in [5.74, 6) is 0.764. The average Bonchev–Trinajstić information content (AvgIpc) is 3.11. The second-order valence-corrected chi connectivity index (χ2v) is 6.51. The standard InChI is InChI=1S/C21H22N4OS/c1-16-8-10-17(11-9-16)15-25-12-4-6-19(25)14-22-24-21(27)23-18-5-3-7-20(13-18)26-2/h3-14H,15H2,1-2H3,(H2,23,24,27)/b22-14-. The lowest BCUT2D eigenvalue weighted by Gasteiger charge is -2.09. The summed E-state index contributed by atoms with van der Waals surface area (Å²) in [7, 11) is 1.63. The summed E-state index contributed by atoms with van der Waals surface area (Å²) in [5, 5.41) is 7.73. The third-order valence-corrected chi connectivity index (χ3v) is 4.22. The fraction of sp³-hybridized carbons (Fsp3) is 0.143. The highest BCUT2D eigenvalue weighted by Gasteiger charge is 2.01. The zero-order valence-electron chi connectivity index (χ0n) is 15.3. The second kappa shape index (κ2) is 9.00. The van der Waals surface area contributed by atoms with Crippen molar-refractivity contribution in [2.24, 2.45) is 5.10 Å². The molecule has 6 heteroatoms. The van der Waals surface area contributed by atoms with E-state index in [-0.39, 0.29) is 0 Å². The van der Waals surface area contributed by atoms with Crippen LogP contribution in [0.2, 0.25) is 0 Å². The smallest absolute Gasteiger partial charge is 0.191 e. The summed E-state index contributed by atoms with van der Waals surface area (Å²) in [5.41, 5.74) is 7.18. The van der Waals surface area contributed by atoms with E-state index in [9.17, 15) is 0 Å². The van der Waals surface area contributed by atoms with E-state index in [1.54, 1.807) is 13.3 Å². The van der Waals surface area contributed by atoms with Crippen LogP contribution < -0.4 is 15.5 Å². The first-order valence-electron chi connectivity index (χ1n) is 8.59. The minimum Gasteiger partial charge on any atom is -0.497 e. The number of nitrogens with one attached hydrogen (secondary N) is 2. The predicted octanol–water partition coefficient (Wildman–Crippen LogP) is 4.17. The third-order valence-electron chi connectivity index (χ3n) is 4.03. The third kappa shape index (κ3) is 5.43. The summed E-state index contributed by atoms with van der Waals surface area (Å²) in [6.07, 6.45) is 3.79. The molecule has 0 aliphatic heterocycles. The minimum absolute atomic E-state index is 0.413. The highest BCUT2D eigenvalue weighted by molar-refractivity contribution is 7.80. The van der Waals surface area contributed by atoms with Gasteiger partial charge in [0.05, 0.1) is 19.0 Å². The molecule has 0 fully saturated rings. The highest BCUT2D eigenvalue weighted by Crippen LogP contribution is 2.16. The fourth-order valence-electron chi connectivity index (χ4n) is 2.60. The van der Waals surface area contributed by atoms with Crippen molar-refractivity contribution in [1.82, 2.24) is 9.99 Å². The molecule has 0 unspecified atom stereocenters. The Balaban J connectivity index is 1.57. The maximum absolute atomic E-state index is 5.28. The molecule has 27 heavy (non-hydrogen) atoms. The molecule has 0 saturated carbocycles. The maximum atomic E-state index is 5.28. The van der Waals surface area contributed by atoms with E-state index in [2.05, 4.69) is 51.6 Å². The molecule has 0 amide bonds. The highest BCUT2D eigenvalue weighted by atomic mass is 32.1.